The normalized spacial score (nSPS) is 19.0. The van der Waals surface area contributed by atoms with Crippen molar-refractivity contribution in [3.05, 3.63) is 50.1 Å². The Morgan fingerprint density at radius 2 is 2.16 bits per heavy atom. The number of thiophene rings is 1. The smallest absolute Gasteiger partial charge is 0.122 e. The maximum Gasteiger partial charge on any atom is 0.122 e. The molecular formula is C14H13Cl2NOS. The predicted octanol–water partition coefficient (Wildman–Crippen LogP) is 4.49. The molecule has 0 saturated carbocycles. The van der Waals surface area contributed by atoms with Crippen molar-refractivity contribution in [2.75, 3.05) is 13.7 Å². The SMILES string of the molecule is CNC(c1cc(Cl)sc1Cl)C1COc2ccccc21. The molecule has 2 unspecified atom stereocenters. The lowest BCUT2D eigenvalue weighted by Gasteiger charge is -2.22. The number of benzene rings is 1. The van der Waals surface area contributed by atoms with Gasteiger partial charge in [-0.2, -0.15) is 0 Å². The Balaban J connectivity index is 1.99. The van der Waals surface area contributed by atoms with Crippen molar-refractivity contribution in [2.45, 2.75) is 12.0 Å². The highest BCUT2D eigenvalue weighted by atomic mass is 35.5. The van der Waals surface area contributed by atoms with Crippen molar-refractivity contribution in [1.82, 2.24) is 5.32 Å². The largest absolute Gasteiger partial charge is 0.493 e. The van der Waals surface area contributed by atoms with E-state index in [9.17, 15) is 0 Å². The lowest BCUT2D eigenvalue weighted by molar-refractivity contribution is 0.304. The Hall–Kier alpha value is -0.740. The van der Waals surface area contributed by atoms with Crippen molar-refractivity contribution in [3.63, 3.8) is 0 Å². The Bertz CT molecular complexity index is 599. The van der Waals surface area contributed by atoms with E-state index in [4.69, 9.17) is 27.9 Å². The van der Waals surface area contributed by atoms with Crippen LogP contribution in [0.25, 0.3) is 0 Å². The van der Waals surface area contributed by atoms with Crippen molar-refractivity contribution in [1.29, 1.82) is 0 Å². The van der Waals surface area contributed by atoms with E-state index in [1.807, 2.05) is 31.3 Å². The molecule has 0 saturated heterocycles. The van der Waals surface area contributed by atoms with E-state index in [2.05, 4.69) is 11.4 Å². The number of para-hydroxylation sites is 1. The van der Waals surface area contributed by atoms with Gasteiger partial charge in [0.25, 0.3) is 0 Å². The van der Waals surface area contributed by atoms with Crippen LogP contribution in [0.15, 0.2) is 30.3 Å². The summed E-state index contributed by atoms with van der Waals surface area (Å²) in [6.07, 6.45) is 0. The van der Waals surface area contributed by atoms with Gasteiger partial charge in [0.2, 0.25) is 0 Å². The number of ether oxygens (including phenoxy) is 1. The molecule has 2 nitrogen and oxygen atoms in total. The van der Waals surface area contributed by atoms with Gasteiger partial charge in [-0.05, 0) is 19.2 Å². The molecule has 1 N–H and O–H groups in total. The van der Waals surface area contributed by atoms with Crippen LogP contribution in [0.4, 0.5) is 0 Å². The highest BCUT2D eigenvalue weighted by Crippen LogP contribution is 2.45. The lowest BCUT2D eigenvalue weighted by atomic mass is 9.90. The van der Waals surface area contributed by atoms with Gasteiger partial charge in [-0.25, -0.2) is 0 Å². The summed E-state index contributed by atoms with van der Waals surface area (Å²) in [6.45, 7) is 0.661. The molecule has 19 heavy (non-hydrogen) atoms. The third kappa shape index (κ3) is 2.36. The van der Waals surface area contributed by atoms with Crippen LogP contribution < -0.4 is 10.1 Å². The van der Waals surface area contributed by atoms with Gasteiger partial charge < -0.3 is 10.1 Å². The molecule has 0 amide bonds. The second-order valence-corrected chi connectivity index (χ2v) is 6.79. The molecule has 0 bridgehead atoms. The Labute approximate surface area is 126 Å². The molecule has 1 aromatic heterocycles. The third-order valence-corrected chi connectivity index (χ3v) is 4.99. The van der Waals surface area contributed by atoms with Gasteiger partial charge in [0.05, 0.1) is 15.3 Å². The topological polar surface area (TPSA) is 21.3 Å². The van der Waals surface area contributed by atoms with Gasteiger partial charge in [-0.3, -0.25) is 0 Å². The van der Waals surface area contributed by atoms with Crippen molar-refractivity contribution >= 4 is 34.5 Å². The average Bonchev–Trinajstić information content (AvgIpc) is 2.96. The zero-order chi connectivity index (χ0) is 13.4. The molecule has 0 aliphatic carbocycles. The second kappa shape index (κ2) is 5.33. The van der Waals surface area contributed by atoms with Crippen molar-refractivity contribution < 1.29 is 4.74 Å². The standard InChI is InChI=1S/C14H13Cl2NOS/c1-17-13(9-6-12(15)19-14(9)16)10-7-18-11-5-3-2-4-8(10)11/h2-6,10,13,17H,7H2,1H3. The monoisotopic (exact) mass is 313 g/mol. The molecule has 0 fully saturated rings. The molecule has 0 spiro atoms. The molecule has 0 radical (unpaired) electrons. The van der Waals surface area contributed by atoms with Gasteiger partial charge in [-0.1, -0.05) is 41.4 Å². The highest BCUT2D eigenvalue weighted by Gasteiger charge is 2.33. The number of halogens is 2. The fourth-order valence-electron chi connectivity index (χ4n) is 2.60. The molecule has 1 aliphatic rings. The van der Waals surface area contributed by atoms with Crippen LogP contribution >= 0.6 is 34.5 Å². The van der Waals surface area contributed by atoms with Crippen LogP contribution in [0.3, 0.4) is 0 Å². The van der Waals surface area contributed by atoms with Crippen LogP contribution in [0.2, 0.25) is 8.67 Å². The van der Waals surface area contributed by atoms with E-state index in [1.54, 1.807) is 0 Å². The summed E-state index contributed by atoms with van der Waals surface area (Å²) in [6, 6.07) is 10.2. The summed E-state index contributed by atoms with van der Waals surface area (Å²) in [5.41, 5.74) is 2.27. The predicted molar refractivity (Wildman–Crippen MR) is 80.8 cm³/mol. The first kappa shape index (κ1) is 13.3. The van der Waals surface area contributed by atoms with E-state index in [-0.39, 0.29) is 12.0 Å². The minimum atomic E-state index is 0.111. The zero-order valence-corrected chi connectivity index (χ0v) is 12.6. The van der Waals surface area contributed by atoms with Crippen LogP contribution in [0.5, 0.6) is 5.75 Å². The average molecular weight is 314 g/mol. The van der Waals surface area contributed by atoms with Crippen LogP contribution in [-0.2, 0) is 0 Å². The summed E-state index contributed by atoms with van der Waals surface area (Å²) in [4.78, 5) is 0. The van der Waals surface area contributed by atoms with E-state index < -0.39 is 0 Å². The van der Waals surface area contributed by atoms with Crippen LogP contribution in [0.1, 0.15) is 23.1 Å². The third-order valence-electron chi connectivity index (χ3n) is 3.47. The number of rotatable bonds is 3. The maximum absolute atomic E-state index is 6.28. The number of fused-ring (bicyclic) bond motifs is 1. The molecule has 1 aromatic carbocycles. The molecule has 2 atom stereocenters. The van der Waals surface area contributed by atoms with Crippen molar-refractivity contribution in [3.8, 4) is 5.75 Å². The second-order valence-electron chi connectivity index (χ2n) is 4.50. The van der Waals surface area contributed by atoms with Gasteiger partial charge >= 0.3 is 0 Å². The number of nitrogens with one attached hydrogen (secondary N) is 1. The molecule has 5 heteroatoms. The maximum atomic E-state index is 6.28. The quantitative estimate of drug-likeness (QED) is 0.901. The van der Waals surface area contributed by atoms with Crippen LogP contribution in [-0.4, -0.2) is 13.7 Å². The zero-order valence-electron chi connectivity index (χ0n) is 10.3. The van der Waals surface area contributed by atoms with Gasteiger partial charge in [0.15, 0.2) is 0 Å². The minimum Gasteiger partial charge on any atom is -0.493 e. The van der Waals surface area contributed by atoms with E-state index in [0.29, 0.717) is 10.9 Å². The number of hydrogen-bond donors (Lipinski definition) is 1. The molecule has 3 rings (SSSR count). The molecular weight excluding hydrogens is 301 g/mol. The molecule has 2 aromatic rings. The summed E-state index contributed by atoms with van der Waals surface area (Å²) in [7, 11) is 1.94. The first-order valence-electron chi connectivity index (χ1n) is 6.04. The lowest BCUT2D eigenvalue weighted by Crippen LogP contribution is -2.24. The highest BCUT2D eigenvalue weighted by molar-refractivity contribution is 7.20. The van der Waals surface area contributed by atoms with Gasteiger partial charge in [0.1, 0.15) is 5.75 Å². The van der Waals surface area contributed by atoms with Crippen LogP contribution in [0, 0.1) is 0 Å². The fraction of sp³-hybridized carbons (Fsp3) is 0.286. The summed E-state index contributed by atoms with van der Waals surface area (Å²) < 4.78 is 7.21. The van der Waals surface area contributed by atoms with E-state index in [0.717, 1.165) is 15.6 Å². The van der Waals surface area contributed by atoms with E-state index >= 15 is 0 Å². The molecule has 100 valence electrons. The first-order valence-corrected chi connectivity index (χ1v) is 7.61. The first-order chi connectivity index (χ1) is 9.20. The van der Waals surface area contributed by atoms with Gasteiger partial charge in [0, 0.05) is 23.1 Å². The number of likely N-dealkylation sites (N-methyl/N-ethyl adjacent to an activating group) is 1. The summed E-state index contributed by atoms with van der Waals surface area (Å²) >= 11 is 13.7. The number of hydrogen-bond acceptors (Lipinski definition) is 3. The molecule has 2 heterocycles. The Morgan fingerprint density at radius 1 is 1.37 bits per heavy atom. The summed E-state index contributed by atoms with van der Waals surface area (Å²) in [5, 5.41) is 3.34. The minimum absolute atomic E-state index is 0.111. The molecule has 1 aliphatic heterocycles. The Morgan fingerprint density at radius 3 is 2.84 bits per heavy atom. The van der Waals surface area contributed by atoms with Gasteiger partial charge in [-0.15, -0.1) is 11.3 Å². The van der Waals surface area contributed by atoms with E-state index in [1.165, 1.54) is 16.9 Å². The summed E-state index contributed by atoms with van der Waals surface area (Å²) in [5.74, 6) is 1.22. The van der Waals surface area contributed by atoms with Crippen molar-refractivity contribution in [2.24, 2.45) is 0 Å². The Kier molecular flexibility index (Phi) is 3.72. The fourth-order valence-corrected chi connectivity index (χ4v) is 4.15.